The number of benzene rings is 1. The molecule has 4 rings (SSSR count). The van der Waals surface area contributed by atoms with Gasteiger partial charge in [-0.3, -0.25) is 0 Å². The molecule has 1 aromatic rings. The molecule has 1 saturated carbocycles. The minimum absolute atomic E-state index is 0.637. The fourth-order valence-corrected chi connectivity index (χ4v) is 4.17. The highest BCUT2D eigenvalue weighted by atomic mass is 32.2. The van der Waals surface area contributed by atoms with E-state index in [1.54, 1.807) is 21.6 Å². The van der Waals surface area contributed by atoms with E-state index in [4.69, 9.17) is 0 Å². The van der Waals surface area contributed by atoms with Gasteiger partial charge in [-0.15, -0.1) is 11.8 Å². The maximum Gasteiger partial charge on any atom is 0.0428 e. The summed E-state index contributed by atoms with van der Waals surface area (Å²) in [6.45, 7) is 0. The molecule has 0 spiro atoms. The van der Waals surface area contributed by atoms with Crippen molar-refractivity contribution in [1.82, 2.24) is 5.32 Å². The van der Waals surface area contributed by atoms with Crippen LogP contribution in [0.2, 0.25) is 0 Å². The van der Waals surface area contributed by atoms with Crippen LogP contribution in [0.1, 0.15) is 42.0 Å². The van der Waals surface area contributed by atoms with Crippen molar-refractivity contribution in [1.29, 1.82) is 0 Å². The monoisotopic (exact) mass is 231 g/mol. The molecule has 0 aromatic heterocycles. The van der Waals surface area contributed by atoms with Gasteiger partial charge in [-0.1, -0.05) is 6.07 Å². The molecule has 1 fully saturated rings. The van der Waals surface area contributed by atoms with Crippen LogP contribution in [0, 0.1) is 0 Å². The molecule has 1 atom stereocenters. The molecular weight excluding hydrogens is 214 g/mol. The summed E-state index contributed by atoms with van der Waals surface area (Å²) >= 11 is 2.05. The average Bonchev–Trinajstić information content (AvgIpc) is 2.85. The van der Waals surface area contributed by atoms with Crippen molar-refractivity contribution in [3.8, 4) is 0 Å². The molecule has 1 N–H and O–H groups in total. The van der Waals surface area contributed by atoms with E-state index in [2.05, 4.69) is 17.4 Å². The number of nitrogens with one attached hydrogen (secondary N) is 1. The number of fused-ring (bicyclic) bond motifs is 2. The lowest BCUT2D eigenvalue weighted by Gasteiger charge is -2.13. The highest BCUT2D eigenvalue weighted by Gasteiger charge is 2.31. The van der Waals surface area contributed by atoms with Gasteiger partial charge in [0.25, 0.3) is 0 Å². The maximum atomic E-state index is 3.78. The standard InChI is InChI=1S/C14H17NS/c1-2-9-6-12-13(15-11-4-5-11)8-16-14(12)7-10(9)3-1/h6-7,11,13,15H,1-5,8H2. The van der Waals surface area contributed by atoms with Crippen molar-refractivity contribution in [2.75, 3.05) is 5.75 Å². The van der Waals surface area contributed by atoms with E-state index in [1.165, 1.54) is 37.9 Å². The molecule has 1 aromatic carbocycles. The van der Waals surface area contributed by atoms with Crippen LogP contribution >= 0.6 is 11.8 Å². The van der Waals surface area contributed by atoms with Crippen LogP contribution in [0.5, 0.6) is 0 Å². The second kappa shape index (κ2) is 3.51. The van der Waals surface area contributed by atoms with Gasteiger partial charge in [-0.25, -0.2) is 0 Å². The van der Waals surface area contributed by atoms with Gasteiger partial charge < -0.3 is 5.32 Å². The van der Waals surface area contributed by atoms with Crippen LogP contribution in [0.3, 0.4) is 0 Å². The first-order chi connectivity index (χ1) is 7.90. The van der Waals surface area contributed by atoms with Gasteiger partial charge in [0.15, 0.2) is 0 Å². The van der Waals surface area contributed by atoms with Crippen LogP contribution in [0.4, 0.5) is 0 Å². The molecule has 16 heavy (non-hydrogen) atoms. The zero-order valence-corrected chi connectivity index (χ0v) is 10.3. The molecule has 84 valence electrons. The van der Waals surface area contributed by atoms with Gasteiger partial charge in [0.2, 0.25) is 0 Å². The zero-order chi connectivity index (χ0) is 10.5. The molecule has 1 nitrogen and oxygen atoms in total. The van der Waals surface area contributed by atoms with Crippen LogP contribution in [0.15, 0.2) is 17.0 Å². The Hall–Kier alpha value is -0.470. The summed E-state index contributed by atoms with van der Waals surface area (Å²) in [5.41, 5.74) is 4.85. The van der Waals surface area contributed by atoms with Gasteiger partial charge in [0.05, 0.1) is 0 Å². The Balaban J connectivity index is 1.69. The van der Waals surface area contributed by atoms with Crippen LogP contribution < -0.4 is 5.32 Å². The van der Waals surface area contributed by atoms with Gasteiger partial charge >= 0.3 is 0 Å². The minimum atomic E-state index is 0.637. The van der Waals surface area contributed by atoms with E-state index in [-0.39, 0.29) is 0 Å². The first-order valence-electron chi connectivity index (χ1n) is 6.45. The molecule has 2 aliphatic carbocycles. The number of thioether (sulfide) groups is 1. The van der Waals surface area contributed by atoms with Gasteiger partial charge in [-0.2, -0.15) is 0 Å². The van der Waals surface area contributed by atoms with E-state index >= 15 is 0 Å². The normalized spacial score (nSPS) is 26.9. The molecule has 1 unspecified atom stereocenters. The van der Waals surface area contributed by atoms with Crippen molar-refractivity contribution < 1.29 is 0 Å². The number of hydrogen-bond donors (Lipinski definition) is 1. The maximum absolute atomic E-state index is 3.78. The molecule has 1 aliphatic heterocycles. The van der Waals surface area contributed by atoms with Crippen LogP contribution in [0.25, 0.3) is 0 Å². The Morgan fingerprint density at radius 3 is 2.75 bits per heavy atom. The summed E-state index contributed by atoms with van der Waals surface area (Å²) in [5, 5.41) is 3.78. The lowest BCUT2D eigenvalue weighted by atomic mass is 10.0. The summed E-state index contributed by atoms with van der Waals surface area (Å²) in [6.07, 6.45) is 6.76. The Morgan fingerprint density at radius 1 is 1.12 bits per heavy atom. The minimum Gasteiger partial charge on any atom is -0.306 e. The highest BCUT2D eigenvalue weighted by molar-refractivity contribution is 7.99. The summed E-state index contributed by atoms with van der Waals surface area (Å²) < 4.78 is 0. The lowest BCUT2D eigenvalue weighted by Crippen LogP contribution is -2.23. The van der Waals surface area contributed by atoms with Gasteiger partial charge in [-0.05, 0) is 54.9 Å². The van der Waals surface area contributed by atoms with Gasteiger partial charge in [0.1, 0.15) is 0 Å². The largest absolute Gasteiger partial charge is 0.306 e. The van der Waals surface area contributed by atoms with E-state index in [9.17, 15) is 0 Å². The predicted octanol–water partition coefficient (Wildman–Crippen LogP) is 3.07. The second-order valence-electron chi connectivity index (χ2n) is 5.32. The molecule has 0 bridgehead atoms. The Bertz CT molecular complexity index is 437. The lowest BCUT2D eigenvalue weighted by molar-refractivity contribution is 0.579. The van der Waals surface area contributed by atoms with E-state index < -0.39 is 0 Å². The van der Waals surface area contributed by atoms with Crippen molar-refractivity contribution in [2.45, 2.75) is 49.1 Å². The third kappa shape index (κ3) is 1.51. The topological polar surface area (TPSA) is 12.0 Å². The molecule has 0 radical (unpaired) electrons. The van der Waals surface area contributed by atoms with E-state index in [0.717, 1.165) is 6.04 Å². The first-order valence-corrected chi connectivity index (χ1v) is 7.43. The second-order valence-corrected chi connectivity index (χ2v) is 6.38. The molecule has 2 heteroatoms. The molecule has 1 heterocycles. The Labute approximate surface area is 101 Å². The molecule has 0 saturated heterocycles. The van der Waals surface area contributed by atoms with Crippen LogP contribution in [-0.4, -0.2) is 11.8 Å². The summed E-state index contributed by atoms with van der Waals surface area (Å²) in [4.78, 5) is 1.55. The number of rotatable bonds is 2. The number of hydrogen-bond acceptors (Lipinski definition) is 2. The summed E-state index contributed by atoms with van der Waals surface area (Å²) in [7, 11) is 0. The molecular formula is C14H17NS. The first kappa shape index (κ1) is 9.55. The van der Waals surface area contributed by atoms with E-state index in [0.29, 0.717) is 6.04 Å². The van der Waals surface area contributed by atoms with Crippen molar-refractivity contribution in [3.05, 3.63) is 28.8 Å². The third-order valence-electron chi connectivity index (χ3n) is 4.02. The summed E-state index contributed by atoms with van der Waals surface area (Å²) in [5.74, 6) is 1.24. The van der Waals surface area contributed by atoms with Crippen LogP contribution in [-0.2, 0) is 12.8 Å². The fraction of sp³-hybridized carbons (Fsp3) is 0.571. The quantitative estimate of drug-likeness (QED) is 0.839. The molecule has 0 amide bonds. The average molecular weight is 231 g/mol. The highest BCUT2D eigenvalue weighted by Crippen LogP contribution is 2.42. The van der Waals surface area contributed by atoms with Gasteiger partial charge in [0, 0.05) is 22.7 Å². The Morgan fingerprint density at radius 2 is 1.94 bits per heavy atom. The third-order valence-corrected chi connectivity index (χ3v) is 5.18. The molecule has 3 aliphatic rings. The van der Waals surface area contributed by atoms with E-state index in [1.807, 2.05) is 11.8 Å². The zero-order valence-electron chi connectivity index (χ0n) is 9.46. The van der Waals surface area contributed by atoms with Crippen molar-refractivity contribution >= 4 is 11.8 Å². The van der Waals surface area contributed by atoms with Crippen molar-refractivity contribution in [3.63, 3.8) is 0 Å². The van der Waals surface area contributed by atoms with Crippen molar-refractivity contribution in [2.24, 2.45) is 0 Å². The predicted molar refractivity (Wildman–Crippen MR) is 68.1 cm³/mol. The fourth-order valence-electron chi connectivity index (χ4n) is 2.95. The Kier molecular flexibility index (Phi) is 2.09. The summed E-state index contributed by atoms with van der Waals surface area (Å²) in [6, 6.07) is 6.43. The number of aryl methyl sites for hydroxylation is 2. The smallest absolute Gasteiger partial charge is 0.0428 e. The SMILES string of the molecule is c1c2c(cc3c1SCC3NC1CC1)CCC2.